The number of carbonyl (C=O) groups excluding carboxylic acids is 1. The summed E-state index contributed by atoms with van der Waals surface area (Å²) in [4.78, 5) is 25.0. The van der Waals surface area contributed by atoms with Crippen LogP contribution in [0.2, 0.25) is 0 Å². The van der Waals surface area contributed by atoms with E-state index in [2.05, 4.69) is 5.32 Å². The Bertz CT molecular complexity index is 902. The summed E-state index contributed by atoms with van der Waals surface area (Å²) in [6.45, 7) is 3.93. The highest BCUT2D eigenvalue weighted by atomic mass is 16.5. The van der Waals surface area contributed by atoms with Crippen LogP contribution < -0.4 is 10.1 Å². The Balaban J connectivity index is 1.90. The first-order valence-electron chi connectivity index (χ1n) is 9.78. The van der Waals surface area contributed by atoms with Crippen LogP contribution in [0.5, 0.6) is 5.75 Å². The molecule has 2 aromatic carbocycles. The average molecular weight is 393 g/mol. The lowest BCUT2D eigenvalue weighted by Gasteiger charge is -2.31. The van der Waals surface area contributed by atoms with Gasteiger partial charge in [0.2, 0.25) is 5.91 Å². The zero-order valence-corrected chi connectivity index (χ0v) is 17.0. The molecule has 152 valence electrons. The number of aliphatic carboxylic acids is 1. The molecule has 0 heterocycles. The minimum absolute atomic E-state index is 0.228. The molecule has 0 bridgehead atoms. The first-order valence-corrected chi connectivity index (χ1v) is 9.78. The Labute approximate surface area is 171 Å². The smallest absolute Gasteiger partial charge is 0.307 e. The van der Waals surface area contributed by atoms with Crippen molar-refractivity contribution in [1.29, 1.82) is 0 Å². The first-order chi connectivity index (χ1) is 13.9. The number of nitrogens with one attached hydrogen (secondary N) is 1. The van der Waals surface area contributed by atoms with Crippen LogP contribution in [0.15, 0.2) is 65.7 Å². The number of hydrogen-bond donors (Lipinski definition) is 2. The van der Waals surface area contributed by atoms with Gasteiger partial charge < -0.3 is 15.2 Å². The van der Waals surface area contributed by atoms with E-state index in [-0.39, 0.29) is 11.9 Å². The molecule has 0 aromatic heterocycles. The molecule has 0 radical (unpaired) electrons. The zero-order valence-electron chi connectivity index (χ0n) is 17.0. The monoisotopic (exact) mass is 393 g/mol. The minimum atomic E-state index is -0.919. The molecule has 0 fully saturated rings. The van der Waals surface area contributed by atoms with Crippen molar-refractivity contribution in [3.63, 3.8) is 0 Å². The van der Waals surface area contributed by atoms with Crippen molar-refractivity contribution in [3.05, 3.63) is 76.9 Å². The van der Waals surface area contributed by atoms with E-state index in [0.717, 1.165) is 28.0 Å². The van der Waals surface area contributed by atoms with Crippen molar-refractivity contribution in [3.8, 4) is 5.75 Å². The van der Waals surface area contributed by atoms with Gasteiger partial charge in [0.1, 0.15) is 5.75 Å². The van der Waals surface area contributed by atoms with E-state index < -0.39 is 17.8 Å². The van der Waals surface area contributed by atoms with E-state index in [4.69, 9.17) is 4.74 Å². The van der Waals surface area contributed by atoms with Crippen molar-refractivity contribution in [2.45, 2.75) is 32.7 Å². The van der Waals surface area contributed by atoms with Crippen LogP contribution in [0.1, 0.15) is 43.9 Å². The topological polar surface area (TPSA) is 75.6 Å². The standard InChI is InChI=1S/C24H27NO4/c1-15-13-20(21(24(27)28)14-16(15)2)23(26)25-22(17-7-5-4-6-8-17)18-9-11-19(29-3)12-10-18/h4-12,20-22H,13-14H2,1-3H3,(H,25,26)(H,27,28)/t20-,21-,22+/m0/s1. The Morgan fingerprint density at radius 3 is 2.03 bits per heavy atom. The van der Waals surface area contributed by atoms with Crippen LogP contribution in [-0.2, 0) is 9.59 Å². The van der Waals surface area contributed by atoms with Crippen LogP contribution in [-0.4, -0.2) is 24.1 Å². The highest BCUT2D eigenvalue weighted by Gasteiger charge is 2.38. The first kappa shape index (κ1) is 20.6. The summed E-state index contributed by atoms with van der Waals surface area (Å²) < 4.78 is 5.24. The van der Waals surface area contributed by atoms with Gasteiger partial charge in [0.15, 0.2) is 0 Å². The molecule has 2 aromatic rings. The molecule has 0 aliphatic heterocycles. The van der Waals surface area contributed by atoms with Gasteiger partial charge in [-0.25, -0.2) is 0 Å². The van der Waals surface area contributed by atoms with Gasteiger partial charge in [0, 0.05) is 0 Å². The van der Waals surface area contributed by atoms with Crippen molar-refractivity contribution in [2.75, 3.05) is 7.11 Å². The van der Waals surface area contributed by atoms with Crippen LogP contribution in [0.25, 0.3) is 0 Å². The fourth-order valence-corrected chi connectivity index (χ4v) is 3.88. The SMILES string of the molecule is COc1ccc([C@H](NC(=O)[C@H]2CC(C)=C(C)C[C@@H]2C(=O)O)c2ccccc2)cc1. The highest BCUT2D eigenvalue weighted by Crippen LogP contribution is 2.35. The summed E-state index contributed by atoms with van der Waals surface area (Å²) >= 11 is 0. The largest absolute Gasteiger partial charge is 0.497 e. The number of methoxy groups -OCH3 is 1. The number of hydrogen-bond acceptors (Lipinski definition) is 3. The van der Waals surface area contributed by atoms with E-state index >= 15 is 0 Å². The third kappa shape index (κ3) is 4.67. The van der Waals surface area contributed by atoms with Gasteiger partial charge in [-0.15, -0.1) is 0 Å². The fraction of sp³-hybridized carbons (Fsp3) is 0.333. The summed E-state index contributed by atoms with van der Waals surface area (Å²) in [6.07, 6.45) is 0.885. The normalized spacial score (nSPS) is 20.1. The molecule has 3 rings (SSSR count). The molecular formula is C24H27NO4. The lowest BCUT2D eigenvalue weighted by molar-refractivity contribution is -0.147. The molecular weight excluding hydrogens is 366 g/mol. The molecule has 1 aliphatic carbocycles. The van der Waals surface area contributed by atoms with E-state index in [1.807, 2.05) is 68.4 Å². The maximum absolute atomic E-state index is 13.2. The number of benzene rings is 2. The molecule has 0 unspecified atom stereocenters. The van der Waals surface area contributed by atoms with E-state index in [1.165, 1.54) is 0 Å². The maximum Gasteiger partial charge on any atom is 0.307 e. The average Bonchev–Trinajstić information content (AvgIpc) is 2.74. The molecule has 29 heavy (non-hydrogen) atoms. The molecule has 3 atom stereocenters. The second kappa shape index (κ2) is 8.95. The van der Waals surface area contributed by atoms with Gasteiger partial charge in [-0.05, 0) is 49.9 Å². The Morgan fingerprint density at radius 1 is 0.931 bits per heavy atom. The summed E-state index contributed by atoms with van der Waals surface area (Å²) in [5.41, 5.74) is 4.02. The molecule has 2 N–H and O–H groups in total. The van der Waals surface area contributed by atoms with Crippen molar-refractivity contribution < 1.29 is 19.4 Å². The van der Waals surface area contributed by atoms with Crippen molar-refractivity contribution in [2.24, 2.45) is 11.8 Å². The number of carboxylic acid groups (broad SMARTS) is 1. The maximum atomic E-state index is 13.2. The Hall–Kier alpha value is -3.08. The molecule has 0 spiro atoms. The van der Waals surface area contributed by atoms with Gasteiger partial charge in [-0.1, -0.05) is 53.6 Å². The van der Waals surface area contributed by atoms with Crippen LogP contribution in [0.4, 0.5) is 0 Å². The molecule has 5 nitrogen and oxygen atoms in total. The number of amides is 1. The van der Waals surface area contributed by atoms with Crippen LogP contribution in [0.3, 0.4) is 0 Å². The van der Waals surface area contributed by atoms with E-state index in [9.17, 15) is 14.7 Å². The minimum Gasteiger partial charge on any atom is -0.497 e. The lowest BCUT2D eigenvalue weighted by atomic mass is 9.76. The van der Waals surface area contributed by atoms with E-state index in [0.29, 0.717) is 12.8 Å². The van der Waals surface area contributed by atoms with Gasteiger partial charge >= 0.3 is 5.97 Å². The van der Waals surface area contributed by atoms with Gasteiger partial charge in [-0.2, -0.15) is 0 Å². The summed E-state index contributed by atoms with van der Waals surface area (Å²) in [7, 11) is 1.61. The third-order valence-electron chi connectivity index (χ3n) is 5.79. The van der Waals surface area contributed by atoms with Gasteiger partial charge in [-0.3, -0.25) is 9.59 Å². The van der Waals surface area contributed by atoms with E-state index in [1.54, 1.807) is 7.11 Å². The predicted octanol–water partition coefficient (Wildman–Crippen LogP) is 4.35. The van der Waals surface area contributed by atoms with Gasteiger partial charge in [0.05, 0.1) is 25.0 Å². The van der Waals surface area contributed by atoms with Crippen molar-refractivity contribution in [1.82, 2.24) is 5.32 Å². The molecule has 0 saturated heterocycles. The van der Waals surface area contributed by atoms with Crippen molar-refractivity contribution >= 4 is 11.9 Å². The Kier molecular flexibility index (Phi) is 6.37. The quantitative estimate of drug-likeness (QED) is 0.716. The molecule has 5 heteroatoms. The fourth-order valence-electron chi connectivity index (χ4n) is 3.88. The molecule has 1 aliphatic rings. The number of carboxylic acids is 1. The second-order valence-corrected chi connectivity index (χ2v) is 7.65. The zero-order chi connectivity index (χ0) is 21.0. The number of allylic oxidation sites excluding steroid dienone is 2. The number of ether oxygens (including phenoxy) is 1. The Morgan fingerprint density at radius 2 is 1.48 bits per heavy atom. The predicted molar refractivity (Wildman–Crippen MR) is 112 cm³/mol. The number of rotatable bonds is 6. The van der Waals surface area contributed by atoms with Crippen LogP contribution >= 0.6 is 0 Å². The molecule has 1 amide bonds. The van der Waals surface area contributed by atoms with Gasteiger partial charge in [0.25, 0.3) is 0 Å². The number of carbonyl (C=O) groups is 2. The molecule has 0 saturated carbocycles. The highest BCUT2D eigenvalue weighted by molar-refractivity contribution is 5.86. The second-order valence-electron chi connectivity index (χ2n) is 7.65. The lowest BCUT2D eigenvalue weighted by Crippen LogP contribution is -2.41. The van der Waals surface area contributed by atoms with Crippen LogP contribution in [0, 0.1) is 11.8 Å². The summed E-state index contributed by atoms with van der Waals surface area (Å²) in [5.74, 6) is -1.69. The summed E-state index contributed by atoms with van der Waals surface area (Å²) in [6, 6.07) is 16.9. The third-order valence-corrected chi connectivity index (χ3v) is 5.79. The summed E-state index contributed by atoms with van der Waals surface area (Å²) in [5, 5.41) is 12.8.